The lowest BCUT2D eigenvalue weighted by Gasteiger charge is -2.08. The highest BCUT2D eigenvalue weighted by Crippen LogP contribution is 2.29. The number of carbonyl (C=O) groups is 1. The van der Waals surface area contributed by atoms with Crippen LogP contribution < -0.4 is 5.32 Å². The standard InChI is InChI=1S/C14H8Cl2F3N5O/c15-9-3-7(4-20-12(9)16)13(25)21-5-11-23-22-10-2-1-8(6-24(10)11)14(17,18)19/h1-4,6H,5H2,(H,21,25). The van der Waals surface area contributed by atoms with Gasteiger partial charge in [-0.25, -0.2) is 4.98 Å². The van der Waals surface area contributed by atoms with E-state index >= 15 is 0 Å². The van der Waals surface area contributed by atoms with Crippen LogP contribution in [0.3, 0.4) is 0 Å². The Hall–Kier alpha value is -2.39. The van der Waals surface area contributed by atoms with Crippen LogP contribution in [0.2, 0.25) is 10.2 Å². The first-order chi connectivity index (χ1) is 11.8. The fourth-order valence-electron chi connectivity index (χ4n) is 2.03. The first-order valence-electron chi connectivity index (χ1n) is 6.76. The van der Waals surface area contributed by atoms with E-state index in [-0.39, 0.29) is 33.8 Å². The molecule has 1 N–H and O–H groups in total. The third kappa shape index (κ3) is 3.67. The third-order valence-corrected chi connectivity index (χ3v) is 3.95. The Labute approximate surface area is 148 Å². The molecule has 6 nitrogen and oxygen atoms in total. The molecule has 0 saturated carbocycles. The minimum absolute atomic E-state index is 0.0568. The predicted molar refractivity (Wildman–Crippen MR) is 83.4 cm³/mol. The summed E-state index contributed by atoms with van der Waals surface area (Å²) < 4.78 is 39.6. The first kappa shape index (κ1) is 17.4. The molecule has 0 unspecified atom stereocenters. The maximum atomic E-state index is 12.8. The number of hydrogen-bond donors (Lipinski definition) is 1. The van der Waals surface area contributed by atoms with Gasteiger partial charge in [-0.05, 0) is 18.2 Å². The zero-order valence-electron chi connectivity index (χ0n) is 12.2. The van der Waals surface area contributed by atoms with Crippen molar-refractivity contribution in [2.24, 2.45) is 0 Å². The molecule has 0 aliphatic heterocycles. The molecule has 0 aliphatic carbocycles. The molecule has 3 aromatic heterocycles. The topological polar surface area (TPSA) is 72.2 Å². The summed E-state index contributed by atoms with van der Waals surface area (Å²) in [7, 11) is 0. The number of amides is 1. The highest BCUT2D eigenvalue weighted by Gasteiger charge is 2.31. The molecule has 3 aromatic rings. The number of nitrogens with zero attached hydrogens (tertiary/aromatic N) is 4. The molecule has 0 fully saturated rings. The van der Waals surface area contributed by atoms with Gasteiger partial charge in [0, 0.05) is 12.4 Å². The molecule has 11 heteroatoms. The van der Waals surface area contributed by atoms with Gasteiger partial charge >= 0.3 is 6.18 Å². The van der Waals surface area contributed by atoms with Gasteiger partial charge < -0.3 is 5.32 Å². The highest BCUT2D eigenvalue weighted by molar-refractivity contribution is 6.41. The molecule has 1 amide bonds. The molecule has 0 saturated heterocycles. The zero-order chi connectivity index (χ0) is 18.2. The Bertz CT molecular complexity index is 957. The van der Waals surface area contributed by atoms with Crippen LogP contribution in [0.1, 0.15) is 21.7 Å². The fraction of sp³-hybridized carbons (Fsp3) is 0.143. The fourth-order valence-corrected chi connectivity index (χ4v) is 2.30. The highest BCUT2D eigenvalue weighted by atomic mass is 35.5. The average molecular weight is 390 g/mol. The number of halogens is 5. The summed E-state index contributed by atoms with van der Waals surface area (Å²) in [6.45, 7) is -0.137. The summed E-state index contributed by atoms with van der Waals surface area (Å²) in [5.41, 5.74) is -0.464. The first-order valence-corrected chi connectivity index (χ1v) is 7.51. The van der Waals surface area contributed by atoms with Gasteiger partial charge in [-0.3, -0.25) is 9.20 Å². The Balaban J connectivity index is 1.81. The second kappa shape index (κ2) is 6.49. The summed E-state index contributed by atoms with van der Waals surface area (Å²) in [5, 5.41) is 10.2. The second-order valence-corrected chi connectivity index (χ2v) is 5.70. The number of carbonyl (C=O) groups excluding carboxylic acids is 1. The van der Waals surface area contributed by atoms with E-state index in [0.29, 0.717) is 0 Å². The van der Waals surface area contributed by atoms with Gasteiger partial charge in [0.1, 0.15) is 5.15 Å². The molecule has 0 aliphatic rings. The Morgan fingerprint density at radius 1 is 1.24 bits per heavy atom. The van der Waals surface area contributed by atoms with E-state index in [2.05, 4.69) is 20.5 Å². The molecule has 0 aromatic carbocycles. The van der Waals surface area contributed by atoms with Crippen LogP contribution in [-0.4, -0.2) is 25.5 Å². The van der Waals surface area contributed by atoms with E-state index in [0.717, 1.165) is 16.7 Å². The van der Waals surface area contributed by atoms with Crippen molar-refractivity contribution < 1.29 is 18.0 Å². The molecule has 3 rings (SSSR count). The molecule has 25 heavy (non-hydrogen) atoms. The van der Waals surface area contributed by atoms with Crippen LogP contribution in [0.15, 0.2) is 30.6 Å². The Kier molecular flexibility index (Phi) is 4.53. The molecule has 0 spiro atoms. The summed E-state index contributed by atoms with van der Waals surface area (Å²) >= 11 is 11.5. The monoisotopic (exact) mass is 389 g/mol. The van der Waals surface area contributed by atoms with Gasteiger partial charge in [0.05, 0.1) is 22.7 Å². The quantitative estimate of drug-likeness (QED) is 0.697. The lowest BCUT2D eigenvalue weighted by atomic mass is 10.2. The molecule has 3 heterocycles. The molecule has 0 atom stereocenters. The van der Waals surface area contributed by atoms with E-state index in [1.54, 1.807) is 0 Å². The van der Waals surface area contributed by atoms with Crippen molar-refractivity contribution in [2.75, 3.05) is 0 Å². The number of pyridine rings is 2. The van der Waals surface area contributed by atoms with Crippen molar-refractivity contribution in [1.82, 2.24) is 24.9 Å². The Morgan fingerprint density at radius 2 is 2.00 bits per heavy atom. The number of rotatable bonds is 3. The van der Waals surface area contributed by atoms with E-state index in [9.17, 15) is 18.0 Å². The van der Waals surface area contributed by atoms with Gasteiger partial charge in [0.25, 0.3) is 5.91 Å². The van der Waals surface area contributed by atoms with Gasteiger partial charge in [0.2, 0.25) is 0 Å². The zero-order valence-corrected chi connectivity index (χ0v) is 13.7. The van der Waals surface area contributed by atoms with Crippen molar-refractivity contribution in [3.8, 4) is 0 Å². The normalized spacial score (nSPS) is 11.7. The van der Waals surface area contributed by atoms with Gasteiger partial charge in [0.15, 0.2) is 11.5 Å². The van der Waals surface area contributed by atoms with Crippen LogP contribution in [0, 0.1) is 0 Å². The van der Waals surface area contributed by atoms with Crippen molar-refractivity contribution in [1.29, 1.82) is 0 Å². The van der Waals surface area contributed by atoms with Crippen LogP contribution >= 0.6 is 23.2 Å². The molecular formula is C14H8Cl2F3N5O. The summed E-state index contributed by atoms with van der Waals surface area (Å²) in [5.74, 6) is -0.391. The maximum Gasteiger partial charge on any atom is 0.417 e. The van der Waals surface area contributed by atoms with Crippen molar-refractivity contribution >= 4 is 34.8 Å². The number of nitrogens with one attached hydrogen (secondary N) is 1. The SMILES string of the molecule is O=C(NCc1nnc2ccc(C(F)(F)F)cn12)c1cnc(Cl)c(Cl)c1. The molecule has 130 valence electrons. The minimum Gasteiger partial charge on any atom is -0.345 e. The van der Waals surface area contributed by atoms with Crippen molar-refractivity contribution in [2.45, 2.75) is 12.7 Å². The second-order valence-electron chi connectivity index (χ2n) is 4.94. The lowest BCUT2D eigenvalue weighted by Crippen LogP contribution is -2.24. The number of hydrogen-bond acceptors (Lipinski definition) is 4. The lowest BCUT2D eigenvalue weighted by molar-refractivity contribution is -0.137. The van der Waals surface area contributed by atoms with Gasteiger partial charge in [-0.1, -0.05) is 23.2 Å². The average Bonchev–Trinajstić information content (AvgIpc) is 2.96. The van der Waals surface area contributed by atoms with Crippen LogP contribution in [0.4, 0.5) is 13.2 Å². The van der Waals surface area contributed by atoms with Gasteiger partial charge in [-0.15, -0.1) is 10.2 Å². The largest absolute Gasteiger partial charge is 0.417 e. The summed E-state index contributed by atoms with van der Waals surface area (Å²) in [4.78, 5) is 15.8. The van der Waals surface area contributed by atoms with E-state index in [1.165, 1.54) is 18.3 Å². The van der Waals surface area contributed by atoms with Crippen molar-refractivity contribution in [3.63, 3.8) is 0 Å². The van der Waals surface area contributed by atoms with E-state index in [1.807, 2.05) is 0 Å². The summed E-state index contributed by atoms with van der Waals surface area (Å²) in [6.07, 6.45) is -2.39. The molecule has 0 radical (unpaired) electrons. The maximum absolute atomic E-state index is 12.8. The van der Waals surface area contributed by atoms with Crippen LogP contribution in [0.5, 0.6) is 0 Å². The Morgan fingerprint density at radius 3 is 2.68 bits per heavy atom. The minimum atomic E-state index is -4.50. The number of aromatic nitrogens is 4. The van der Waals surface area contributed by atoms with E-state index in [4.69, 9.17) is 23.2 Å². The summed E-state index contributed by atoms with van der Waals surface area (Å²) in [6, 6.07) is 3.44. The molecule has 0 bridgehead atoms. The van der Waals surface area contributed by atoms with Crippen molar-refractivity contribution in [3.05, 3.63) is 57.7 Å². The van der Waals surface area contributed by atoms with E-state index < -0.39 is 17.6 Å². The third-order valence-electron chi connectivity index (χ3n) is 3.27. The number of alkyl halides is 3. The predicted octanol–water partition coefficient (Wildman–Crippen LogP) is 3.38. The van der Waals surface area contributed by atoms with Crippen LogP contribution in [0.25, 0.3) is 5.65 Å². The smallest absolute Gasteiger partial charge is 0.345 e. The molecular weight excluding hydrogens is 382 g/mol. The van der Waals surface area contributed by atoms with Crippen LogP contribution in [-0.2, 0) is 12.7 Å². The van der Waals surface area contributed by atoms with Gasteiger partial charge in [-0.2, -0.15) is 13.2 Å². The number of fused-ring (bicyclic) bond motifs is 1.